The zero-order valence-corrected chi connectivity index (χ0v) is 11.9. The van der Waals surface area contributed by atoms with Crippen LogP contribution in [0.2, 0.25) is 0 Å². The highest BCUT2D eigenvalue weighted by Gasteiger charge is 2.54. The van der Waals surface area contributed by atoms with Gasteiger partial charge in [0.25, 0.3) is 0 Å². The molecule has 4 nitrogen and oxygen atoms in total. The number of thioether (sulfide) groups is 1. The van der Waals surface area contributed by atoms with Crippen LogP contribution in [0.3, 0.4) is 0 Å². The molecule has 0 aromatic rings. The Morgan fingerprint density at radius 3 is 2.25 bits per heavy atom. The summed E-state index contributed by atoms with van der Waals surface area (Å²) in [6, 6.07) is 0. The van der Waals surface area contributed by atoms with Gasteiger partial charge in [0.05, 0.1) is 7.11 Å². The van der Waals surface area contributed by atoms with E-state index in [1.807, 2.05) is 0 Å². The Balaban J connectivity index is 2.92. The van der Waals surface area contributed by atoms with Crippen molar-refractivity contribution in [2.24, 2.45) is 11.3 Å². The lowest BCUT2D eigenvalue weighted by Gasteiger charge is -2.32. The maximum Gasteiger partial charge on any atom is 0.441 e. The second-order valence-electron chi connectivity index (χ2n) is 4.79. The molecule has 1 aliphatic carbocycles. The molecule has 0 aromatic heterocycles. The average Bonchev–Trinajstić information content (AvgIpc) is 2.86. The fraction of sp³-hybridized carbons (Fsp3) is 0.833. The van der Waals surface area contributed by atoms with E-state index in [9.17, 15) is 27.9 Å². The third-order valence-electron chi connectivity index (χ3n) is 3.75. The maximum atomic E-state index is 12.2. The highest BCUT2D eigenvalue weighted by molar-refractivity contribution is 8.00. The summed E-state index contributed by atoms with van der Waals surface area (Å²) >= 11 is -0.307. The van der Waals surface area contributed by atoms with Gasteiger partial charge in [0, 0.05) is 5.75 Å². The van der Waals surface area contributed by atoms with Crippen LogP contribution in [-0.2, 0) is 14.3 Å². The summed E-state index contributed by atoms with van der Waals surface area (Å²) in [5, 5.41) is 9.42. The molecule has 116 valence electrons. The molecule has 0 heterocycles. The number of carbonyl (C=O) groups is 2. The average molecular weight is 314 g/mol. The summed E-state index contributed by atoms with van der Waals surface area (Å²) in [4.78, 5) is 23.5. The van der Waals surface area contributed by atoms with Crippen molar-refractivity contribution >= 4 is 23.7 Å². The summed E-state index contributed by atoms with van der Waals surface area (Å²) in [5.74, 6) is -3.26. The van der Waals surface area contributed by atoms with E-state index >= 15 is 0 Å². The minimum Gasteiger partial charge on any atom is -0.480 e. The zero-order valence-electron chi connectivity index (χ0n) is 11.0. The molecule has 8 heteroatoms. The molecule has 1 unspecified atom stereocenters. The van der Waals surface area contributed by atoms with Crippen LogP contribution >= 0.6 is 11.8 Å². The Hall–Kier alpha value is -0.920. The Labute approximate surface area is 119 Å². The van der Waals surface area contributed by atoms with E-state index in [2.05, 4.69) is 4.74 Å². The SMILES string of the molecule is COC(=O)C(CCSC(F)(F)F)(C(=O)O)C1CCCC1. The number of alkyl halides is 3. The van der Waals surface area contributed by atoms with E-state index in [1.54, 1.807) is 0 Å². The van der Waals surface area contributed by atoms with Gasteiger partial charge in [-0.2, -0.15) is 13.2 Å². The molecule has 1 atom stereocenters. The molecule has 1 aliphatic rings. The monoisotopic (exact) mass is 314 g/mol. The molecule has 1 N–H and O–H groups in total. The van der Waals surface area contributed by atoms with Gasteiger partial charge in [-0.15, -0.1) is 0 Å². The lowest BCUT2D eigenvalue weighted by Crippen LogP contribution is -2.46. The van der Waals surface area contributed by atoms with Gasteiger partial charge in [0.2, 0.25) is 0 Å². The van der Waals surface area contributed by atoms with Crippen LogP contribution in [0.25, 0.3) is 0 Å². The van der Waals surface area contributed by atoms with Crippen LogP contribution in [0.4, 0.5) is 13.2 Å². The van der Waals surface area contributed by atoms with Gasteiger partial charge in [-0.3, -0.25) is 9.59 Å². The van der Waals surface area contributed by atoms with Crippen LogP contribution in [0.15, 0.2) is 0 Å². The van der Waals surface area contributed by atoms with E-state index < -0.39 is 34.5 Å². The predicted octanol–water partition coefficient (Wildman–Crippen LogP) is 3.06. The number of carbonyl (C=O) groups excluding carboxylic acids is 1. The topological polar surface area (TPSA) is 63.6 Å². The molecule has 1 rings (SSSR count). The third kappa shape index (κ3) is 3.80. The molecular weight excluding hydrogens is 297 g/mol. The molecule has 0 amide bonds. The number of carboxylic acids is 1. The van der Waals surface area contributed by atoms with E-state index in [0.29, 0.717) is 12.8 Å². The first-order valence-electron chi connectivity index (χ1n) is 6.26. The largest absolute Gasteiger partial charge is 0.480 e. The second-order valence-corrected chi connectivity index (χ2v) is 5.95. The van der Waals surface area contributed by atoms with Crippen molar-refractivity contribution in [3.8, 4) is 0 Å². The van der Waals surface area contributed by atoms with E-state index in [0.717, 1.165) is 20.0 Å². The molecule has 0 bridgehead atoms. The molecule has 0 radical (unpaired) electrons. The molecular formula is C12H17F3O4S. The lowest BCUT2D eigenvalue weighted by atomic mass is 9.72. The smallest absolute Gasteiger partial charge is 0.441 e. The second kappa shape index (κ2) is 6.69. The first-order chi connectivity index (χ1) is 9.24. The van der Waals surface area contributed by atoms with Crippen LogP contribution in [-0.4, -0.2) is 35.4 Å². The number of ether oxygens (including phenoxy) is 1. The number of halogens is 3. The van der Waals surface area contributed by atoms with Crippen molar-refractivity contribution in [1.82, 2.24) is 0 Å². The van der Waals surface area contributed by atoms with E-state index in [4.69, 9.17) is 0 Å². The predicted molar refractivity (Wildman–Crippen MR) is 67.2 cm³/mol. The standard InChI is InChI=1S/C12H17F3O4S/c1-19-10(18)11(9(16)17,8-4-2-3-5-8)6-7-20-12(13,14)15/h8H,2-7H2,1H3,(H,16,17). The molecule has 0 saturated heterocycles. The van der Waals surface area contributed by atoms with Gasteiger partial charge in [0.1, 0.15) is 0 Å². The van der Waals surface area contributed by atoms with Crippen molar-refractivity contribution in [3.05, 3.63) is 0 Å². The number of hydrogen-bond acceptors (Lipinski definition) is 4. The normalized spacial score (nSPS) is 19.6. The van der Waals surface area contributed by atoms with Gasteiger partial charge in [-0.25, -0.2) is 0 Å². The first-order valence-corrected chi connectivity index (χ1v) is 7.25. The third-order valence-corrected chi connectivity index (χ3v) is 4.48. The first kappa shape index (κ1) is 17.1. The summed E-state index contributed by atoms with van der Waals surface area (Å²) in [6.07, 6.45) is 2.24. The van der Waals surface area contributed by atoms with Crippen molar-refractivity contribution in [3.63, 3.8) is 0 Å². The van der Waals surface area contributed by atoms with Crippen LogP contribution in [0, 0.1) is 11.3 Å². The minimum absolute atomic E-state index is 0.307. The number of carboxylic acid groups (broad SMARTS) is 1. The molecule has 1 fully saturated rings. The number of methoxy groups -OCH3 is 1. The lowest BCUT2D eigenvalue weighted by molar-refractivity contribution is -0.172. The Morgan fingerprint density at radius 2 is 1.85 bits per heavy atom. The molecule has 0 spiro atoms. The highest BCUT2D eigenvalue weighted by atomic mass is 32.2. The fourth-order valence-corrected chi connectivity index (χ4v) is 3.43. The summed E-state index contributed by atoms with van der Waals surface area (Å²) in [7, 11) is 1.06. The Bertz CT molecular complexity index is 366. The number of esters is 1. The van der Waals surface area contributed by atoms with E-state index in [1.165, 1.54) is 0 Å². The van der Waals surface area contributed by atoms with E-state index in [-0.39, 0.29) is 18.2 Å². The van der Waals surface area contributed by atoms with Crippen LogP contribution in [0.5, 0.6) is 0 Å². The van der Waals surface area contributed by atoms with Crippen LogP contribution < -0.4 is 0 Å². The maximum absolute atomic E-state index is 12.2. The number of aliphatic carboxylic acids is 1. The zero-order chi connectivity index (χ0) is 15.4. The highest BCUT2D eigenvalue weighted by Crippen LogP contribution is 2.45. The van der Waals surface area contributed by atoms with Crippen molar-refractivity contribution in [2.45, 2.75) is 37.6 Å². The molecule has 1 saturated carbocycles. The van der Waals surface area contributed by atoms with Crippen molar-refractivity contribution in [2.75, 3.05) is 12.9 Å². The Morgan fingerprint density at radius 1 is 1.30 bits per heavy atom. The quantitative estimate of drug-likeness (QED) is 0.603. The number of hydrogen-bond donors (Lipinski definition) is 1. The summed E-state index contributed by atoms with van der Waals surface area (Å²) in [6.45, 7) is 0. The summed E-state index contributed by atoms with van der Waals surface area (Å²) in [5.41, 5.74) is -6.29. The van der Waals surface area contributed by atoms with Crippen molar-refractivity contribution < 1.29 is 32.6 Å². The molecule has 20 heavy (non-hydrogen) atoms. The van der Waals surface area contributed by atoms with Gasteiger partial charge < -0.3 is 9.84 Å². The molecule has 0 aromatic carbocycles. The molecule has 0 aliphatic heterocycles. The minimum atomic E-state index is -4.43. The van der Waals surface area contributed by atoms with Gasteiger partial charge >= 0.3 is 17.4 Å². The van der Waals surface area contributed by atoms with Gasteiger partial charge in [-0.05, 0) is 25.2 Å². The van der Waals surface area contributed by atoms with Gasteiger partial charge in [0.15, 0.2) is 5.41 Å². The number of rotatable bonds is 6. The Kier molecular flexibility index (Phi) is 5.73. The van der Waals surface area contributed by atoms with Crippen LogP contribution in [0.1, 0.15) is 32.1 Å². The van der Waals surface area contributed by atoms with Gasteiger partial charge in [-0.1, -0.05) is 24.6 Å². The van der Waals surface area contributed by atoms with Crippen molar-refractivity contribution in [1.29, 1.82) is 0 Å². The summed E-state index contributed by atoms with van der Waals surface area (Å²) < 4.78 is 41.1. The fourth-order valence-electron chi connectivity index (χ4n) is 2.77.